The third kappa shape index (κ3) is 3.62. The summed E-state index contributed by atoms with van der Waals surface area (Å²) in [6.07, 6.45) is 10.8. The Hall–Kier alpha value is -1.86. The van der Waals surface area contributed by atoms with Crippen LogP contribution in [0.3, 0.4) is 0 Å². The molecule has 0 amide bonds. The molecule has 0 spiro atoms. The molecule has 0 radical (unpaired) electrons. The fourth-order valence-corrected chi connectivity index (χ4v) is 3.02. The fourth-order valence-electron chi connectivity index (χ4n) is 3.02. The van der Waals surface area contributed by atoms with Crippen LogP contribution >= 0.6 is 0 Å². The molecule has 108 valence electrons. The molecule has 0 saturated heterocycles. The molecule has 1 heteroatoms. The maximum atomic E-state index is 2.37. The Labute approximate surface area is 127 Å². The van der Waals surface area contributed by atoms with Gasteiger partial charge in [0.15, 0.2) is 0 Å². The van der Waals surface area contributed by atoms with Crippen LogP contribution in [0.1, 0.15) is 24.8 Å². The summed E-state index contributed by atoms with van der Waals surface area (Å²) in [5.41, 5.74) is 2.91. The molecule has 0 saturated carbocycles. The molecule has 3 rings (SSSR count). The second-order valence-corrected chi connectivity index (χ2v) is 5.91. The molecule has 0 aromatic heterocycles. The van der Waals surface area contributed by atoms with Gasteiger partial charge in [-0.1, -0.05) is 66.3 Å². The van der Waals surface area contributed by atoms with E-state index in [9.17, 15) is 0 Å². The minimum atomic E-state index is 0.991. The van der Waals surface area contributed by atoms with E-state index in [0.717, 1.165) is 13.1 Å². The highest BCUT2D eigenvalue weighted by atomic mass is 15.1. The Bertz CT molecular complexity index is 661. The van der Waals surface area contributed by atoms with E-state index in [4.69, 9.17) is 0 Å². The van der Waals surface area contributed by atoms with Crippen molar-refractivity contribution in [3.05, 3.63) is 71.8 Å². The third-order valence-electron chi connectivity index (χ3n) is 4.15. The number of hydrogen-bond acceptors (Lipinski definition) is 1. The smallest absolute Gasteiger partial charge is 0.0240 e. The molecule has 0 heterocycles. The van der Waals surface area contributed by atoms with Crippen molar-refractivity contribution in [3.63, 3.8) is 0 Å². The molecule has 1 nitrogen and oxygen atoms in total. The van der Waals surface area contributed by atoms with Gasteiger partial charge in [-0.05, 0) is 42.6 Å². The van der Waals surface area contributed by atoms with Crippen LogP contribution in [0.5, 0.6) is 0 Å². The normalized spacial score (nSPS) is 15.2. The van der Waals surface area contributed by atoms with Gasteiger partial charge in [0.05, 0.1) is 0 Å². The number of hydrogen-bond donors (Lipinski definition) is 0. The summed E-state index contributed by atoms with van der Waals surface area (Å²) in [6.45, 7) is 1.99. The number of nitrogens with zero attached hydrogens (tertiary/aromatic N) is 1. The quantitative estimate of drug-likeness (QED) is 0.748. The van der Waals surface area contributed by atoms with Crippen LogP contribution in [0.25, 0.3) is 10.8 Å². The predicted molar refractivity (Wildman–Crippen MR) is 91.4 cm³/mol. The highest BCUT2D eigenvalue weighted by molar-refractivity contribution is 5.85. The molecule has 1 aliphatic rings. The molecule has 0 unspecified atom stereocenters. The molecule has 0 bridgehead atoms. The summed E-state index contributed by atoms with van der Waals surface area (Å²) in [7, 11) is 2.19. The van der Waals surface area contributed by atoms with Gasteiger partial charge < -0.3 is 0 Å². The SMILES string of the molecule is CN(C/C=C/C1=CCCC1)Cc1cccc2ccccc12. The number of fused-ring (bicyclic) bond motifs is 1. The molecule has 0 fully saturated rings. The van der Waals surface area contributed by atoms with Crippen LogP contribution in [0.4, 0.5) is 0 Å². The van der Waals surface area contributed by atoms with Crippen LogP contribution in [0.2, 0.25) is 0 Å². The standard InChI is InChI=1S/C20H23N/c1-21(15-7-10-17-8-2-3-9-17)16-19-13-6-12-18-11-4-5-14-20(18)19/h4-8,10-14H,2-3,9,15-16H2,1H3/b10-7+. The van der Waals surface area contributed by atoms with Crippen LogP contribution < -0.4 is 0 Å². The largest absolute Gasteiger partial charge is 0.298 e. The van der Waals surface area contributed by atoms with Crippen molar-refractivity contribution >= 4 is 10.8 Å². The topological polar surface area (TPSA) is 3.24 Å². The van der Waals surface area contributed by atoms with Crippen LogP contribution in [-0.4, -0.2) is 18.5 Å². The average molecular weight is 277 g/mol. The Kier molecular flexibility index (Phi) is 4.52. The molecule has 0 aliphatic heterocycles. The Morgan fingerprint density at radius 3 is 2.81 bits per heavy atom. The van der Waals surface area contributed by atoms with E-state index in [2.05, 4.69) is 72.6 Å². The highest BCUT2D eigenvalue weighted by Gasteiger charge is 2.04. The summed E-state index contributed by atoms with van der Waals surface area (Å²) < 4.78 is 0. The van der Waals surface area contributed by atoms with Gasteiger partial charge in [-0.3, -0.25) is 4.90 Å². The van der Waals surface area contributed by atoms with E-state index < -0.39 is 0 Å². The van der Waals surface area contributed by atoms with Gasteiger partial charge in [-0.25, -0.2) is 0 Å². The van der Waals surface area contributed by atoms with E-state index in [0.29, 0.717) is 0 Å². The average Bonchev–Trinajstić information content (AvgIpc) is 3.01. The van der Waals surface area contributed by atoms with E-state index in [1.54, 1.807) is 0 Å². The monoisotopic (exact) mass is 277 g/mol. The van der Waals surface area contributed by atoms with Crippen molar-refractivity contribution in [2.45, 2.75) is 25.8 Å². The van der Waals surface area contributed by atoms with E-state index in [1.165, 1.54) is 41.2 Å². The minimum Gasteiger partial charge on any atom is -0.298 e. The molecule has 2 aromatic rings. The molecular weight excluding hydrogens is 254 g/mol. The summed E-state index contributed by atoms with van der Waals surface area (Å²) in [5, 5.41) is 2.70. The van der Waals surface area contributed by atoms with Gasteiger partial charge in [-0.15, -0.1) is 0 Å². The van der Waals surface area contributed by atoms with Gasteiger partial charge in [0.25, 0.3) is 0 Å². The van der Waals surface area contributed by atoms with Crippen molar-refractivity contribution in [2.24, 2.45) is 0 Å². The van der Waals surface area contributed by atoms with Gasteiger partial charge >= 0.3 is 0 Å². The van der Waals surface area contributed by atoms with E-state index in [1.807, 2.05) is 0 Å². The first-order valence-electron chi connectivity index (χ1n) is 7.84. The lowest BCUT2D eigenvalue weighted by Gasteiger charge is -2.16. The second-order valence-electron chi connectivity index (χ2n) is 5.91. The van der Waals surface area contributed by atoms with Crippen molar-refractivity contribution in [1.29, 1.82) is 0 Å². The first-order chi connectivity index (χ1) is 10.3. The van der Waals surface area contributed by atoms with Crippen molar-refractivity contribution in [1.82, 2.24) is 4.90 Å². The second kappa shape index (κ2) is 6.73. The number of allylic oxidation sites excluding steroid dienone is 3. The Morgan fingerprint density at radius 2 is 1.95 bits per heavy atom. The lowest BCUT2D eigenvalue weighted by Crippen LogP contribution is -2.17. The lowest BCUT2D eigenvalue weighted by molar-refractivity contribution is 0.365. The van der Waals surface area contributed by atoms with E-state index in [-0.39, 0.29) is 0 Å². The Balaban J connectivity index is 1.64. The summed E-state index contributed by atoms with van der Waals surface area (Å²) in [5.74, 6) is 0. The summed E-state index contributed by atoms with van der Waals surface area (Å²) >= 11 is 0. The van der Waals surface area contributed by atoms with Gasteiger partial charge in [0, 0.05) is 13.1 Å². The summed E-state index contributed by atoms with van der Waals surface area (Å²) in [4.78, 5) is 2.37. The number of likely N-dealkylation sites (N-methyl/N-ethyl adjacent to an activating group) is 1. The molecule has 0 atom stereocenters. The molecule has 21 heavy (non-hydrogen) atoms. The third-order valence-corrected chi connectivity index (χ3v) is 4.15. The maximum Gasteiger partial charge on any atom is 0.0240 e. The minimum absolute atomic E-state index is 0.991. The maximum absolute atomic E-state index is 2.37. The lowest BCUT2D eigenvalue weighted by atomic mass is 10.0. The fraction of sp³-hybridized carbons (Fsp3) is 0.300. The van der Waals surface area contributed by atoms with E-state index >= 15 is 0 Å². The molecule has 1 aliphatic carbocycles. The van der Waals surface area contributed by atoms with Crippen LogP contribution in [0.15, 0.2) is 66.3 Å². The molecule has 2 aromatic carbocycles. The zero-order chi connectivity index (χ0) is 14.5. The first kappa shape index (κ1) is 14.1. The van der Waals surface area contributed by atoms with Crippen molar-refractivity contribution in [2.75, 3.05) is 13.6 Å². The van der Waals surface area contributed by atoms with Gasteiger partial charge in [0.1, 0.15) is 0 Å². The zero-order valence-electron chi connectivity index (χ0n) is 12.8. The van der Waals surface area contributed by atoms with Crippen LogP contribution in [-0.2, 0) is 6.54 Å². The predicted octanol–water partition coefficient (Wildman–Crippen LogP) is 4.94. The molecular formula is C20H23N. The van der Waals surface area contributed by atoms with Crippen LogP contribution in [0, 0.1) is 0 Å². The van der Waals surface area contributed by atoms with Gasteiger partial charge in [0.2, 0.25) is 0 Å². The molecule has 0 N–H and O–H groups in total. The Morgan fingerprint density at radius 1 is 1.10 bits per heavy atom. The number of rotatable bonds is 5. The zero-order valence-corrected chi connectivity index (χ0v) is 12.8. The summed E-state index contributed by atoms with van der Waals surface area (Å²) in [6, 6.07) is 15.2. The van der Waals surface area contributed by atoms with Crippen molar-refractivity contribution < 1.29 is 0 Å². The highest BCUT2D eigenvalue weighted by Crippen LogP contribution is 2.20. The van der Waals surface area contributed by atoms with Gasteiger partial charge in [-0.2, -0.15) is 0 Å². The van der Waals surface area contributed by atoms with Crippen molar-refractivity contribution in [3.8, 4) is 0 Å². The first-order valence-corrected chi connectivity index (χ1v) is 7.84. The number of benzene rings is 2.